The van der Waals surface area contributed by atoms with Crippen molar-refractivity contribution in [3.8, 4) is 11.3 Å². The first kappa shape index (κ1) is 26.6. The summed E-state index contributed by atoms with van der Waals surface area (Å²) in [6, 6.07) is 1.55. The number of fused-ring (bicyclic) bond motifs is 1. The first-order valence-electron chi connectivity index (χ1n) is 12.5. The highest BCUT2D eigenvalue weighted by Crippen LogP contribution is 2.46. The van der Waals surface area contributed by atoms with Gasteiger partial charge in [0, 0.05) is 42.2 Å². The molecule has 2 fully saturated rings. The van der Waals surface area contributed by atoms with Crippen molar-refractivity contribution in [2.75, 3.05) is 16.8 Å². The van der Waals surface area contributed by atoms with Crippen LogP contribution in [0.4, 0.5) is 24.8 Å². The van der Waals surface area contributed by atoms with Gasteiger partial charge in [0.15, 0.2) is 11.5 Å². The summed E-state index contributed by atoms with van der Waals surface area (Å²) in [4.78, 5) is 39.4. The quantitative estimate of drug-likeness (QED) is 0.257. The molecule has 41 heavy (non-hydrogen) atoms. The van der Waals surface area contributed by atoms with Gasteiger partial charge in [-0.1, -0.05) is 17.7 Å². The number of carbonyl (C=O) groups is 2. The van der Waals surface area contributed by atoms with Gasteiger partial charge in [-0.3, -0.25) is 19.2 Å². The number of benzene rings is 1. The lowest BCUT2D eigenvalue weighted by Gasteiger charge is -2.17. The molecule has 210 valence electrons. The zero-order valence-electron chi connectivity index (χ0n) is 21.2. The van der Waals surface area contributed by atoms with Crippen molar-refractivity contribution in [2.45, 2.75) is 25.8 Å². The van der Waals surface area contributed by atoms with Crippen LogP contribution in [0.1, 0.15) is 47.4 Å². The van der Waals surface area contributed by atoms with E-state index in [1.807, 2.05) is 6.92 Å². The van der Waals surface area contributed by atoms with E-state index in [0.29, 0.717) is 24.0 Å². The maximum absolute atomic E-state index is 14.7. The molecule has 1 saturated heterocycles. The van der Waals surface area contributed by atoms with Gasteiger partial charge in [-0.25, -0.2) is 28.1 Å². The van der Waals surface area contributed by atoms with Gasteiger partial charge in [-0.05, 0) is 25.3 Å². The highest BCUT2D eigenvalue weighted by molar-refractivity contribution is 6.31. The molecular formula is C26H20ClF3N8O3. The number of nitrogens with zero attached hydrogens (tertiary/aromatic N) is 7. The number of anilines is 2. The summed E-state index contributed by atoms with van der Waals surface area (Å²) in [5.41, 5.74) is -1.39. The van der Waals surface area contributed by atoms with E-state index in [1.54, 1.807) is 17.3 Å². The van der Waals surface area contributed by atoms with Crippen LogP contribution in [0.2, 0.25) is 5.02 Å². The van der Waals surface area contributed by atoms with E-state index in [2.05, 4.69) is 25.4 Å². The zero-order valence-corrected chi connectivity index (χ0v) is 22.0. The molecule has 2 aliphatic rings. The number of halogens is 4. The molecule has 1 aromatic carbocycles. The van der Waals surface area contributed by atoms with Gasteiger partial charge in [-0.2, -0.15) is 9.83 Å². The molecule has 11 nitrogen and oxygen atoms in total. The van der Waals surface area contributed by atoms with Gasteiger partial charge in [0.1, 0.15) is 5.69 Å². The molecule has 15 heteroatoms. The molecule has 3 aromatic heterocycles. The van der Waals surface area contributed by atoms with Crippen LogP contribution < -0.4 is 14.9 Å². The third-order valence-electron chi connectivity index (χ3n) is 7.15. The van der Waals surface area contributed by atoms with Crippen LogP contribution in [0.3, 0.4) is 0 Å². The molecule has 0 radical (unpaired) electrons. The van der Waals surface area contributed by atoms with Gasteiger partial charge in [-0.15, -0.1) is 0 Å². The van der Waals surface area contributed by atoms with Gasteiger partial charge in [0.2, 0.25) is 24.2 Å². The van der Waals surface area contributed by atoms with Crippen molar-refractivity contribution >= 4 is 35.1 Å². The highest BCUT2D eigenvalue weighted by Gasteiger charge is 2.53. The first-order valence-corrected chi connectivity index (χ1v) is 12.8. The van der Waals surface area contributed by atoms with Gasteiger partial charge in [0.25, 0.3) is 12.3 Å². The molecule has 1 aliphatic carbocycles. The average Bonchev–Trinajstić information content (AvgIpc) is 3.45. The van der Waals surface area contributed by atoms with Crippen molar-refractivity contribution in [3.05, 3.63) is 82.2 Å². The Balaban J connectivity index is 1.19. The third kappa shape index (κ3) is 4.94. The van der Waals surface area contributed by atoms with E-state index < -0.39 is 45.7 Å². The minimum Gasteiger partial charge on any atom is -0.619 e. The number of amides is 2. The number of hydrogen-bond donors (Lipinski definition) is 1. The lowest BCUT2D eigenvalue weighted by Crippen LogP contribution is -2.29. The fourth-order valence-electron chi connectivity index (χ4n) is 4.81. The van der Waals surface area contributed by atoms with E-state index in [4.69, 9.17) is 11.6 Å². The Morgan fingerprint density at radius 3 is 2.66 bits per heavy atom. The van der Waals surface area contributed by atoms with E-state index in [0.717, 1.165) is 30.9 Å². The smallest absolute Gasteiger partial charge is 0.280 e. The summed E-state index contributed by atoms with van der Waals surface area (Å²) in [6.45, 7) is 2.46. The Morgan fingerprint density at radius 2 is 1.98 bits per heavy atom. The van der Waals surface area contributed by atoms with Crippen molar-refractivity contribution in [3.63, 3.8) is 0 Å². The predicted octanol–water partition coefficient (Wildman–Crippen LogP) is 3.94. The summed E-state index contributed by atoms with van der Waals surface area (Å²) in [5.74, 6) is -1.14. The van der Waals surface area contributed by atoms with Crippen LogP contribution in [0.5, 0.6) is 0 Å². The van der Waals surface area contributed by atoms with E-state index >= 15 is 0 Å². The molecule has 6 rings (SSSR count). The second-order valence-electron chi connectivity index (χ2n) is 9.83. The number of piperidine rings is 1. The molecule has 1 aliphatic heterocycles. The van der Waals surface area contributed by atoms with Crippen molar-refractivity contribution in [1.29, 1.82) is 0 Å². The summed E-state index contributed by atoms with van der Waals surface area (Å²) in [6.07, 6.45) is 5.54. The normalized spacial score (nSPS) is 18.5. The molecule has 4 heterocycles. The second-order valence-corrected chi connectivity index (χ2v) is 10.2. The number of carbonyl (C=O) groups excluding carboxylic acids is 2. The Kier molecular flexibility index (Phi) is 6.56. The van der Waals surface area contributed by atoms with Gasteiger partial charge in [0.05, 0.1) is 28.5 Å². The Labute approximate surface area is 235 Å². The molecular weight excluding hydrogens is 565 g/mol. The molecule has 0 spiro atoms. The standard InChI is InChI=1S/C26H20ClF3N8O3/c1-12(14-5-31-26(32-6-14)37-8-13-4-17(13)25(37)40)38-9-15(7-33-38)34-24(39)20-11-36(41)10-19(35-20)21-16(23(29)30)2-3-18(27)22(21)28/h2-3,5-7,9-13,17,23H,4,8H2,1H3,(H,34,39)/t12-,13+,17+/m0/s1. The monoisotopic (exact) mass is 584 g/mol. The molecule has 4 aromatic rings. The Hall–Kier alpha value is -4.59. The molecule has 3 atom stereocenters. The summed E-state index contributed by atoms with van der Waals surface area (Å²) in [5, 5.41) is 18.6. The van der Waals surface area contributed by atoms with Crippen LogP contribution in [-0.4, -0.2) is 43.1 Å². The second kappa shape index (κ2) is 10.1. The number of nitrogens with one attached hydrogen (secondary N) is 1. The van der Waals surface area contributed by atoms with Crippen LogP contribution in [0, 0.1) is 22.9 Å². The van der Waals surface area contributed by atoms with E-state index in [1.165, 1.54) is 17.1 Å². The molecule has 2 amide bonds. The van der Waals surface area contributed by atoms with Gasteiger partial charge < -0.3 is 10.5 Å². The minimum absolute atomic E-state index is 0.0537. The molecule has 1 saturated carbocycles. The molecule has 0 unspecified atom stereocenters. The van der Waals surface area contributed by atoms with Crippen LogP contribution in [0.25, 0.3) is 11.3 Å². The Morgan fingerprint density at radius 1 is 1.22 bits per heavy atom. The number of rotatable bonds is 7. The van der Waals surface area contributed by atoms with E-state index in [9.17, 15) is 28.0 Å². The lowest BCUT2D eigenvalue weighted by molar-refractivity contribution is -0.605. The number of alkyl halides is 2. The zero-order chi connectivity index (χ0) is 29.0. The van der Waals surface area contributed by atoms with Gasteiger partial charge >= 0.3 is 0 Å². The maximum atomic E-state index is 14.7. The van der Waals surface area contributed by atoms with Crippen LogP contribution >= 0.6 is 11.6 Å². The number of hydrogen-bond acceptors (Lipinski definition) is 7. The Bertz CT molecular complexity index is 1680. The average molecular weight is 585 g/mol. The maximum Gasteiger partial charge on any atom is 0.280 e. The third-order valence-corrected chi connectivity index (χ3v) is 7.44. The largest absolute Gasteiger partial charge is 0.619 e. The fraction of sp³-hybridized carbons (Fsp3) is 0.269. The van der Waals surface area contributed by atoms with Crippen LogP contribution in [0.15, 0.2) is 49.3 Å². The van der Waals surface area contributed by atoms with Crippen molar-refractivity contribution in [2.24, 2.45) is 11.8 Å². The van der Waals surface area contributed by atoms with Crippen molar-refractivity contribution < 1.29 is 27.5 Å². The highest BCUT2D eigenvalue weighted by atomic mass is 35.5. The summed E-state index contributed by atoms with van der Waals surface area (Å²) < 4.78 is 43.5. The molecule has 0 bridgehead atoms. The fourth-order valence-corrected chi connectivity index (χ4v) is 4.97. The predicted molar refractivity (Wildman–Crippen MR) is 139 cm³/mol. The number of aromatic nitrogens is 6. The first-order chi connectivity index (χ1) is 19.6. The topological polar surface area (TPSA) is 133 Å². The van der Waals surface area contributed by atoms with E-state index in [-0.39, 0.29) is 28.3 Å². The summed E-state index contributed by atoms with van der Waals surface area (Å²) >= 11 is 5.77. The summed E-state index contributed by atoms with van der Waals surface area (Å²) in [7, 11) is 0. The van der Waals surface area contributed by atoms with Crippen LogP contribution in [-0.2, 0) is 4.79 Å². The molecule has 1 N–H and O–H groups in total. The van der Waals surface area contributed by atoms with Crippen molar-refractivity contribution in [1.82, 2.24) is 24.7 Å². The SMILES string of the molecule is C[C@@H](c1cnc(N2C[C@H]3C[C@H]3C2=O)nc1)n1cc(NC(=O)c2c[n+]([O-])cc(-c3c(C(F)F)ccc(Cl)c3F)n2)cn1. The minimum atomic E-state index is -3.08. The lowest BCUT2D eigenvalue weighted by atomic mass is 10.0.